The van der Waals surface area contributed by atoms with E-state index in [4.69, 9.17) is 10.2 Å². The molecule has 0 aromatic carbocycles. The lowest BCUT2D eigenvalue weighted by atomic mass is 10.1. The molecule has 2 rings (SSSR count). The van der Waals surface area contributed by atoms with E-state index in [1.165, 1.54) is 10.7 Å². The highest BCUT2D eigenvalue weighted by atomic mass is 16.5. The van der Waals surface area contributed by atoms with Crippen LogP contribution >= 0.6 is 0 Å². The molecule has 6 nitrogen and oxygen atoms in total. The maximum atomic E-state index is 11.9. The van der Waals surface area contributed by atoms with E-state index in [1.54, 1.807) is 6.07 Å². The van der Waals surface area contributed by atoms with Crippen LogP contribution in [0.25, 0.3) is 5.65 Å². The summed E-state index contributed by atoms with van der Waals surface area (Å²) in [7, 11) is 0. The van der Waals surface area contributed by atoms with Crippen molar-refractivity contribution in [3.8, 4) is 0 Å². The third-order valence-electron chi connectivity index (χ3n) is 2.96. The van der Waals surface area contributed by atoms with Gasteiger partial charge in [-0.3, -0.25) is 9.89 Å². The van der Waals surface area contributed by atoms with Gasteiger partial charge in [-0.15, -0.1) is 0 Å². The van der Waals surface area contributed by atoms with Crippen LogP contribution < -0.4 is 5.56 Å². The number of nitrogens with one attached hydrogen (secondary N) is 1. The van der Waals surface area contributed by atoms with Gasteiger partial charge >= 0.3 is 0 Å². The molecule has 2 aromatic heterocycles. The number of rotatable bonds is 3. The van der Waals surface area contributed by atoms with Gasteiger partial charge in [0, 0.05) is 18.0 Å². The van der Waals surface area contributed by atoms with Crippen molar-refractivity contribution in [1.82, 2.24) is 14.6 Å². The van der Waals surface area contributed by atoms with E-state index >= 15 is 0 Å². The normalized spacial score (nSPS) is 13.5. The Labute approximate surface area is 97.5 Å². The number of hydrogen-bond donors (Lipinski definition) is 3. The highest BCUT2D eigenvalue weighted by molar-refractivity contribution is 5.40. The number of aromatic nitrogens is 3. The molecule has 0 saturated carbocycles. The van der Waals surface area contributed by atoms with Crippen LogP contribution in [0.4, 0.5) is 0 Å². The highest BCUT2D eigenvalue weighted by Gasteiger charge is 2.14. The van der Waals surface area contributed by atoms with Gasteiger partial charge in [0.15, 0.2) is 11.9 Å². The number of aromatic amines is 1. The maximum absolute atomic E-state index is 11.9. The molecule has 3 N–H and O–H groups in total. The van der Waals surface area contributed by atoms with Gasteiger partial charge in [0.25, 0.3) is 5.56 Å². The zero-order chi connectivity index (χ0) is 12.6. The SMILES string of the molecule is CCC(C)c1cc2ncc(C(O)O)c(=O)n2[nH]1. The second-order valence-electron chi connectivity index (χ2n) is 4.11. The van der Waals surface area contributed by atoms with Crippen LogP contribution in [-0.2, 0) is 0 Å². The van der Waals surface area contributed by atoms with Crippen molar-refractivity contribution in [1.29, 1.82) is 0 Å². The van der Waals surface area contributed by atoms with Crippen molar-refractivity contribution in [2.75, 3.05) is 0 Å². The number of nitrogens with zero attached hydrogens (tertiary/aromatic N) is 2. The summed E-state index contributed by atoms with van der Waals surface area (Å²) in [4.78, 5) is 15.9. The Morgan fingerprint density at radius 2 is 2.24 bits per heavy atom. The Hall–Kier alpha value is -1.66. The monoisotopic (exact) mass is 237 g/mol. The summed E-state index contributed by atoms with van der Waals surface area (Å²) in [6, 6.07) is 1.79. The number of aliphatic hydroxyl groups is 2. The molecule has 0 saturated heterocycles. The second kappa shape index (κ2) is 4.31. The molecule has 0 radical (unpaired) electrons. The predicted octanol–water partition coefficient (Wildman–Crippen LogP) is 0.519. The number of hydrogen-bond acceptors (Lipinski definition) is 4. The molecule has 17 heavy (non-hydrogen) atoms. The number of H-pyrrole nitrogens is 1. The van der Waals surface area contributed by atoms with E-state index < -0.39 is 11.8 Å². The minimum absolute atomic E-state index is 0.139. The van der Waals surface area contributed by atoms with Crippen molar-refractivity contribution in [2.45, 2.75) is 32.5 Å². The van der Waals surface area contributed by atoms with E-state index in [9.17, 15) is 4.79 Å². The van der Waals surface area contributed by atoms with Gasteiger partial charge in [-0.05, 0) is 12.3 Å². The van der Waals surface area contributed by atoms with Crippen LogP contribution in [0.5, 0.6) is 0 Å². The molecule has 0 aliphatic carbocycles. The molecule has 0 fully saturated rings. The first kappa shape index (κ1) is 11.8. The molecule has 2 heterocycles. The first-order chi connectivity index (χ1) is 8.04. The van der Waals surface area contributed by atoms with E-state index in [2.05, 4.69) is 17.0 Å². The zero-order valence-electron chi connectivity index (χ0n) is 9.71. The van der Waals surface area contributed by atoms with E-state index in [0.29, 0.717) is 11.6 Å². The molecular weight excluding hydrogens is 222 g/mol. The second-order valence-corrected chi connectivity index (χ2v) is 4.11. The lowest BCUT2D eigenvalue weighted by molar-refractivity contribution is -0.0439. The fraction of sp³-hybridized carbons (Fsp3) is 0.455. The number of fused-ring (bicyclic) bond motifs is 1. The van der Waals surface area contributed by atoms with E-state index in [-0.39, 0.29) is 5.56 Å². The Kier molecular flexibility index (Phi) is 2.99. The van der Waals surface area contributed by atoms with Crippen molar-refractivity contribution in [3.05, 3.63) is 33.9 Å². The fourth-order valence-electron chi connectivity index (χ4n) is 1.64. The van der Waals surface area contributed by atoms with Crippen molar-refractivity contribution < 1.29 is 10.2 Å². The Morgan fingerprint density at radius 3 is 2.82 bits per heavy atom. The van der Waals surface area contributed by atoms with Crippen molar-refractivity contribution in [2.24, 2.45) is 0 Å². The lowest BCUT2D eigenvalue weighted by Gasteiger charge is -2.03. The first-order valence-electron chi connectivity index (χ1n) is 5.51. The molecule has 0 bridgehead atoms. The first-order valence-corrected chi connectivity index (χ1v) is 5.51. The molecule has 0 aliphatic rings. The highest BCUT2D eigenvalue weighted by Crippen LogP contribution is 2.17. The standard InChI is InChI=1S/C11H15N3O3/c1-3-6(2)8-4-9-12-5-7(11(16)17)10(15)14(9)13-8/h4-6,11,13,16-17H,3H2,1-2H3. The van der Waals surface area contributed by atoms with Crippen molar-refractivity contribution >= 4 is 5.65 Å². The topological polar surface area (TPSA) is 90.6 Å². The molecule has 1 unspecified atom stereocenters. The van der Waals surface area contributed by atoms with Gasteiger partial charge in [0.1, 0.15) is 0 Å². The Morgan fingerprint density at radius 1 is 1.53 bits per heavy atom. The smallest absolute Gasteiger partial charge is 0.280 e. The molecule has 92 valence electrons. The minimum Gasteiger partial charge on any atom is -0.364 e. The third kappa shape index (κ3) is 1.96. The average molecular weight is 237 g/mol. The van der Waals surface area contributed by atoms with Gasteiger partial charge < -0.3 is 10.2 Å². The molecule has 0 aliphatic heterocycles. The summed E-state index contributed by atoms with van der Waals surface area (Å²) in [5, 5.41) is 21.0. The van der Waals surface area contributed by atoms with Crippen LogP contribution in [0, 0.1) is 0 Å². The zero-order valence-corrected chi connectivity index (χ0v) is 9.71. The number of aliphatic hydroxyl groups excluding tert-OH is 1. The Balaban J connectivity index is 2.62. The third-order valence-corrected chi connectivity index (χ3v) is 2.96. The molecule has 2 aromatic rings. The Bertz CT molecular complexity index is 585. The predicted molar refractivity (Wildman–Crippen MR) is 61.7 cm³/mol. The van der Waals surface area contributed by atoms with E-state index in [0.717, 1.165) is 12.1 Å². The van der Waals surface area contributed by atoms with Gasteiger partial charge in [0.05, 0.1) is 5.56 Å². The largest absolute Gasteiger partial charge is 0.364 e. The van der Waals surface area contributed by atoms with Crippen LogP contribution in [0.1, 0.15) is 43.7 Å². The van der Waals surface area contributed by atoms with Gasteiger partial charge in [-0.1, -0.05) is 13.8 Å². The van der Waals surface area contributed by atoms with E-state index in [1.807, 2.05) is 6.92 Å². The quantitative estimate of drug-likeness (QED) is 0.679. The minimum atomic E-state index is -1.80. The molecular formula is C11H15N3O3. The molecule has 0 spiro atoms. The van der Waals surface area contributed by atoms with Gasteiger partial charge in [-0.2, -0.15) is 0 Å². The summed E-state index contributed by atoms with van der Waals surface area (Å²) >= 11 is 0. The van der Waals surface area contributed by atoms with Gasteiger partial charge in [-0.25, -0.2) is 9.50 Å². The van der Waals surface area contributed by atoms with Crippen LogP contribution in [-0.4, -0.2) is 24.8 Å². The molecule has 1 atom stereocenters. The fourth-order valence-corrected chi connectivity index (χ4v) is 1.64. The summed E-state index contributed by atoms with van der Waals surface area (Å²) < 4.78 is 1.23. The van der Waals surface area contributed by atoms with Crippen LogP contribution in [0.2, 0.25) is 0 Å². The summed E-state index contributed by atoms with van der Waals surface area (Å²) in [6.07, 6.45) is 0.329. The van der Waals surface area contributed by atoms with Crippen LogP contribution in [0.15, 0.2) is 17.1 Å². The summed E-state index contributed by atoms with van der Waals surface area (Å²) in [5.41, 5.74) is 0.760. The maximum Gasteiger partial charge on any atom is 0.280 e. The molecule has 0 amide bonds. The summed E-state index contributed by atoms with van der Waals surface area (Å²) in [6.45, 7) is 4.09. The van der Waals surface area contributed by atoms with Crippen molar-refractivity contribution in [3.63, 3.8) is 0 Å². The lowest BCUT2D eigenvalue weighted by Crippen LogP contribution is -2.22. The average Bonchev–Trinajstić information content (AvgIpc) is 2.72. The molecule has 6 heteroatoms. The van der Waals surface area contributed by atoms with Gasteiger partial charge in [0.2, 0.25) is 0 Å². The van der Waals surface area contributed by atoms with Crippen LogP contribution in [0.3, 0.4) is 0 Å². The summed E-state index contributed by atoms with van der Waals surface area (Å²) in [5.74, 6) is 0.290.